The van der Waals surface area contributed by atoms with Crippen LogP contribution in [0.5, 0.6) is 0 Å². The molecule has 0 spiro atoms. The highest BCUT2D eigenvalue weighted by Gasteiger charge is 2.39. The van der Waals surface area contributed by atoms with Crippen molar-refractivity contribution in [2.45, 2.75) is 58.0 Å². The summed E-state index contributed by atoms with van der Waals surface area (Å²) in [6.07, 6.45) is 4.80. The number of nitrogens with zero attached hydrogens (tertiary/aromatic N) is 1. The standard InChI is InChI=1S/C15H26N2OS/c1-4-16-10-12(3)13-11-19-14(17-13)15(18-5-2)8-6-7-9-15/h11-12,16H,4-10H2,1-3H3. The Labute approximate surface area is 120 Å². The second kappa shape index (κ2) is 6.82. The molecule has 0 aromatic carbocycles. The highest BCUT2D eigenvalue weighted by Crippen LogP contribution is 2.43. The number of hydrogen-bond acceptors (Lipinski definition) is 4. The summed E-state index contributed by atoms with van der Waals surface area (Å²) < 4.78 is 6.08. The third kappa shape index (κ3) is 3.36. The van der Waals surface area contributed by atoms with Gasteiger partial charge in [-0.25, -0.2) is 4.98 Å². The minimum atomic E-state index is -0.0738. The maximum absolute atomic E-state index is 6.08. The van der Waals surface area contributed by atoms with Gasteiger partial charge in [-0.2, -0.15) is 0 Å². The summed E-state index contributed by atoms with van der Waals surface area (Å²) in [5.41, 5.74) is 1.14. The fourth-order valence-electron chi connectivity index (χ4n) is 2.83. The molecule has 19 heavy (non-hydrogen) atoms. The van der Waals surface area contributed by atoms with Crippen LogP contribution in [0.25, 0.3) is 0 Å². The van der Waals surface area contributed by atoms with Crippen molar-refractivity contribution in [3.05, 3.63) is 16.1 Å². The molecule has 1 aromatic rings. The Hall–Kier alpha value is -0.450. The van der Waals surface area contributed by atoms with Crippen molar-refractivity contribution in [1.82, 2.24) is 10.3 Å². The molecule has 108 valence electrons. The molecule has 1 heterocycles. The summed E-state index contributed by atoms with van der Waals surface area (Å²) in [5.74, 6) is 0.477. The van der Waals surface area contributed by atoms with Gasteiger partial charge in [-0.3, -0.25) is 0 Å². The number of thiazole rings is 1. The van der Waals surface area contributed by atoms with Crippen LogP contribution in [0.4, 0.5) is 0 Å². The van der Waals surface area contributed by atoms with Crippen LogP contribution < -0.4 is 5.32 Å². The SMILES string of the molecule is CCNCC(C)c1csc(C2(OCC)CCCC2)n1. The van der Waals surface area contributed by atoms with E-state index in [0.29, 0.717) is 5.92 Å². The van der Waals surface area contributed by atoms with Crippen LogP contribution in [0.2, 0.25) is 0 Å². The van der Waals surface area contributed by atoms with Crippen molar-refractivity contribution < 1.29 is 4.74 Å². The fourth-order valence-corrected chi connectivity index (χ4v) is 3.98. The molecule has 1 aliphatic carbocycles. The van der Waals surface area contributed by atoms with Crippen LogP contribution in [0, 0.1) is 0 Å². The van der Waals surface area contributed by atoms with E-state index in [1.54, 1.807) is 11.3 Å². The number of aromatic nitrogens is 1. The second-order valence-corrected chi connectivity index (χ2v) is 6.28. The van der Waals surface area contributed by atoms with Gasteiger partial charge in [0, 0.05) is 24.4 Å². The van der Waals surface area contributed by atoms with Gasteiger partial charge in [0.1, 0.15) is 10.6 Å². The normalized spacial score (nSPS) is 19.7. The Kier molecular flexibility index (Phi) is 5.37. The van der Waals surface area contributed by atoms with E-state index in [1.165, 1.54) is 23.5 Å². The number of hydrogen-bond donors (Lipinski definition) is 1. The first kappa shape index (κ1) is 14.9. The molecule has 1 fully saturated rings. The van der Waals surface area contributed by atoms with Gasteiger partial charge in [0.05, 0.1) is 5.69 Å². The van der Waals surface area contributed by atoms with Crippen LogP contribution >= 0.6 is 11.3 Å². The molecule has 4 heteroatoms. The zero-order chi connectivity index (χ0) is 13.7. The molecular weight excluding hydrogens is 256 g/mol. The number of rotatable bonds is 7. The highest BCUT2D eigenvalue weighted by molar-refractivity contribution is 7.09. The zero-order valence-corrected chi connectivity index (χ0v) is 13.2. The summed E-state index contributed by atoms with van der Waals surface area (Å²) in [6.45, 7) is 9.26. The zero-order valence-electron chi connectivity index (χ0n) is 12.4. The van der Waals surface area contributed by atoms with Crippen molar-refractivity contribution >= 4 is 11.3 Å². The predicted molar refractivity (Wildman–Crippen MR) is 80.8 cm³/mol. The molecule has 2 rings (SSSR count). The number of likely N-dealkylation sites (N-methyl/N-ethyl adjacent to an activating group) is 1. The van der Waals surface area contributed by atoms with Gasteiger partial charge in [0.15, 0.2) is 0 Å². The van der Waals surface area contributed by atoms with Gasteiger partial charge in [-0.15, -0.1) is 11.3 Å². The first-order valence-electron chi connectivity index (χ1n) is 7.52. The van der Waals surface area contributed by atoms with Crippen molar-refractivity contribution in [3.8, 4) is 0 Å². The minimum absolute atomic E-state index is 0.0738. The lowest BCUT2D eigenvalue weighted by molar-refractivity contribution is -0.0392. The monoisotopic (exact) mass is 282 g/mol. The van der Waals surface area contributed by atoms with Crippen LogP contribution in [-0.2, 0) is 10.3 Å². The summed E-state index contributed by atoms with van der Waals surface area (Å²) in [6, 6.07) is 0. The third-order valence-electron chi connectivity index (χ3n) is 3.95. The van der Waals surface area contributed by atoms with E-state index in [9.17, 15) is 0 Å². The van der Waals surface area contributed by atoms with E-state index in [-0.39, 0.29) is 5.60 Å². The van der Waals surface area contributed by atoms with E-state index in [0.717, 1.165) is 32.5 Å². The van der Waals surface area contributed by atoms with Gasteiger partial charge < -0.3 is 10.1 Å². The molecule has 0 aliphatic heterocycles. The van der Waals surface area contributed by atoms with Crippen LogP contribution in [-0.4, -0.2) is 24.7 Å². The molecule has 1 atom stereocenters. The van der Waals surface area contributed by atoms with Gasteiger partial charge in [-0.1, -0.05) is 26.7 Å². The first-order valence-corrected chi connectivity index (χ1v) is 8.40. The highest BCUT2D eigenvalue weighted by atomic mass is 32.1. The molecule has 3 nitrogen and oxygen atoms in total. The van der Waals surface area contributed by atoms with Gasteiger partial charge in [0.25, 0.3) is 0 Å². The molecule has 1 saturated carbocycles. The Morgan fingerprint density at radius 3 is 2.79 bits per heavy atom. The summed E-state index contributed by atoms with van der Waals surface area (Å²) >= 11 is 1.78. The Morgan fingerprint density at radius 1 is 1.42 bits per heavy atom. The van der Waals surface area contributed by atoms with E-state index in [2.05, 4.69) is 31.5 Å². The Bertz CT molecular complexity index is 385. The minimum Gasteiger partial charge on any atom is -0.368 e. The quantitative estimate of drug-likeness (QED) is 0.828. The molecule has 1 aliphatic rings. The van der Waals surface area contributed by atoms with Crippen LogP contribution in [0.1, 0.15) is 63.1 Å². The van der Waals surface area contributed by atoms with Gasteiger partial charge >= 0.3 is 0 Å². The van der Waals surface area contributed by atoms with E-state index in [4.69, 9.17) is 9.72 Å². The largest absolute Gasteiger partial charge is 0.368 e. The lowest BCUT2D eigenvalue weighted by Gasteiger charge is -2.26. The molecule has 0 saturated heterocycles. The maximum Gasteiger partial charge on any atom is 0.125 e. The topological polar surface area (TPSA) is 34.1 Å². The van der Waals surface area contributed by atoms with Crippen LogP contribution in [0.3, 0.4) is 0 Å². The predicted octanol–water partition coefficient (Wildman–Crippen LogP) is 3.66. The first-order chi connectivity index (χ1) is 9.22. The smallest absolute Gasteiger partial charge is 0.125 e. The maximum atomic E-state index is 6.08. The molecule has 0 bridgehead atoms. The summed E-state index contributed by atoms with van der Waals surface area (Å²) in [5, 5.41) is 6.81. The molecule has 0 radical (unpaired) electrons. The van der Waals surface area contributed by atoms with Crippen molar-refractivity contribution in [1.29, 1.82) is 0 Å². The average molecular weight is 282 g/mol. The average Bonchev–Trinajstić information content (AvgIpc) is 3.05. The lowest BCUT2D eigenvalue weighted by atomic mass is 10.0. The molecule has 1 unspecified atom stereocenters. The number of nitrogens with one attached hydrogen (secondary N) is 1. The van der Waals surface area contributed by atoms with E-state index in [1.807, 2.05) is 0 Å². The molecule has 1 aromatic heterocycles. The van der Waals surface area contributed by atoms with Crippen LogP contribution in [0.15, 0.2) is 5.38 Å². The van der Waals surface area contributed by atoms with E-state index >= 15 is 0 Å². The lowest BCUT2D eigenvalue weighted by Crippen LogP contribution is -2.26. The third-order valence-corrected chi connectivity index (χ3v) is 4.99. The van der Waals surface area contributed by atoms with Gasteiger partial charge in [0.2, 0.25) is 0 Å². The van der Waals surface area contributed by atoms with Gasteiger partial charge in [-0.05, 0) is 26.3 Å². The summed E-state index contributed by atoms with van der Waals surface area (Å²) in [7, 11) is 0. The Morgan fingerprint density at radius 2 is 2.16 bits per heavy atom. The fraction of sp³-hybridized carbons (Fsp3) is 0.800. The second-order valence-electron chi connectivity index (χ2n) is 5.42. The summed E-state index contributed by atoms with van der Waals surface area (Å²) in [4.78, 5) is 4.89. The van der Waals surface area contributed by atoms with E-state index < -0.39 is 0 Å². The number of ether oxygens (including phenoxy) is 1. The molecule has 1 N–H and O–H groups in total. The molecular formula is C15H26N2OS. The Balaban J connectivity index is 2.10. The molecule has 0 amide bonds. The van der Waals surface area contributed by atoms with Crippen molar-refractivity contribution in [3.63, 3.8) is 0 Å². The van der Waals surface area contributed by atoms with Crippen molar-refractivity contribution in [2.75, 3.05) is 19.7 Å². The van der Waals surface area contributed by atoms with Crippen molar-refractivity contribution in [2.24, 2.45) is 0 Å².